The third kappa shape index (κ3) is 2.09. The fourth-order valence-corrected chi connectivity index (χ4v) is 2.75. The van der Waals surface area contributed by atoms with Crippen molar-refractivity contribution in [3.8, 4) is 6.07 Å². The van der Waals surface area contributed by atoms with Crippen LogP contribution in [-0.4, -0.2) is 26.2 Å². The monoisotopic (exact) mass is 241 g/mol. The first kappa shape index (κ1) is 11.6. The quantitative estimate of drug-likeness (QED) is 0.862. The van der Waals surface area contributed by atoms with Gasteiger partial charge in [0.15, 0.2) is 0 Å². The molecule has 18 heavy (non-hydrogen) atoms. The Morgan fingerprint density at radius 1 is 1.28 bits per heavy atom. The number of hydrogen-bond donors (Lipinski definition) is 1. The summed E-state index contributed by atoms with van der Waals surface area (Å²) in [5, 5.41) is 12.7. The molecule has 1 aromatic carbocycles. The molecule has 3 nitrogen and oxygen atoms in total. The van der Waals surface area contributed by atoms with Crippen LogP contribution in [0.2, 0.25) is 0 Å². The van der Waals surface area contributed by atoms with Crippen molar-refractivity contribution >= 4 is 5.69 Å². The van der Waals surface area contributed by atoms with Crippen molar-refractivity contribution in [1.29, 1.82) is 5.26 Å². The highest BCUT2D eigenvalue weighted by Crippen LogP contribution is 2.42. The average Bonchev–Trinajstić information content (AvgIpc) is 3.23. The first-order valence-corrected chi connectivity index (χ1v) is 6.80. The summed E-state index contributed by atoms with van der Waals surface area (Å²) in [5.74, 6) is 0.748. The van der Waals surface area contributed by atoms with Crippen LogP contribution in [0.4, 0.5) is 5.69 Å². The topological polar surface area (TPSA) is 39.1 Å². The predicted molar refractivity (Wildman–Crippen MR) is 73.0 cm³/mol. The molecule has 94 valence electrons. The smallest absolute Gasteiger partial charge is 0.102 e. The maximum absolute atomic E-state index is 9.38. The summed E-state index contributed by atoms with van der Waals surface area (Å²) in [6.07, 6.45) is 2.62. The number of nitrogens with zero attached hydrogens (tertiary/aromatic N) is 2. The van der Waals surface area contributed by atoms with Crippen LogP contribution in [0, 0.1) is 18.3 Å². The summed E-state index contributed by atoms with van der Waals surface area (Å²) >= 11 is 0. The molecule has 1 saturated heterocycles. The van der Waals surface area contributed by atoms with E-state index in [0.29, 0.717) is 0 Å². The third-order valence-corrected chi connectivity index (χ3v) is 3.96. The Kier molecular flexibility index (Phi) is 2.97. The number of benzene rings is 1. The van der Waals surface area contributed by atoms with Gasteiger partial charge in [-0.05, 0) is 42.9 Å². The molecule has 0 amide bonds. The van der Waals surface area contributed by atoms with Crippen LogP contribution in [0.15, 0.2) is 12.1 Å². The SMILES string of the molecule is Cc1cc(C2CC2)cc(N2CCNCC2)c1C#N. The highest BCUT2D eigenvalue weighted by molar-refractivity contribution is 5.64. The lowest BCUT2D eigenvalue weighted by atomic mass is 9.99. The molecule has 1 aliphatic heterocycles. The molecule has 2 fully saturated rings. The van der Waals surface area contributed by atoms with Gasteiger partial charge in [0.05, 0.1) is 11.3 Å². The van der Waals surface area contributed by atoms with E-state index >= 15 is 0 Å². The summed E-state index contributed by atoms with van der Waals surface area (Å²) in [4.78, 5) is 2.36. The Balaban J connectivity index is 2.01. The van der Waals surface area contributed by atoms with Gasteiger partial charge in [-0.2, -0.15) is 5.26 Å². The minimum Gasteiger partial charge on any atom is -0.368 e. The number of rotatable bonds is 2. The van der Waals surface area contributed by atoms with E-state index in [2.05, 4.69) is 35.3 Å². The van der Waals surface area contributed by atoms with Gasteiger partial charge in [-0.25, -0.2) is 0 Å². The lowest BCUT2D eigenvalue weighted by molar-refractivity contribution is 0.588. The standard InChI is InChI=1S/C15H19N3/c1-11-8-13(12-2-3-12)9-15(14(11)10-16)18-6-4-17-5-7-18/h8-9,12,17H,2-7H2,1H3. The summed E-state index contributed by atoms with van der Waals surface area (Å²) in [6, 6.07) is 6.85. The first-order chi connectivity index (χ1) is 8.79. The zero-order valence-electron chi connectivity index (χ0n) is 10.9. The van der Waals surface area contributed by atoms with Crippen molar-refractivity contribution in [1.82, 2.24) is 5.32 Å². The third-order valence-electron chi connectivity index (χ3n) is 3.96. The summed E-state index contributed by atoms with van der Waals surface area (Å²) in [7, 11) is 0. The zero-order valence-corrected chi connectivity index (χ0v) is 10.9. The first-order valence-electron chi connectivity index (χ1n) is 6.80. The Morgan fingerprint density at radius 2 is 2.00 bits per heavy atom. The van der Waals surface area contributed by atoms with Gasteiger partial charge in [0.2, 0.25) is 0 Å². The van der Waals surface area contributed by atoms with Gasteiger partial charge in [0.1, 0.15) is 6.07 Å². The van der Waals surface area contributed by atoms with Gasteiger partial charge >= 0.3 is 0 Å². The minimum absolute atomic E-state index is 0.748. The molecule has 0 bridgehead atoms. The van der Waals surface area contributed by atoms with Crippen molar-refractivity contribution in [3.05, 3.63) is 28.8 Å². The van der Waals surface area contributed by atoms with Crippen LogP contribution in [0.1, 0.15) is 35.4 Å². The number of nitrogens with one attached hydrogen (secondary N) is 1. The van der Waals surface area contributed by atoms with E-state index in [4.69, 9.17) is 0 Å². The van der Waals surface area contributed by atoms with Gasteiger partial charge < -0.3 is 10.2 Å². The van der Waals surface area contributed by atoms with E-state index in [1.54, 1.807) is 0 Å². The highest BCUT2D eigenvalue weighted by atomic mass is 15.2. The average molecular weight is 241 g/mol. The second-order valence-electron chi connectivity index (χ2n) is 5.36. The Labute approximate surface area is 108 Å². The van der Waals surface area contributed by atoms with Gasteiger partial charge in [-0.1, -0.05) is 6.07 Å². The molecule has 0 radical (unpaired) electrons. The minimum atomic E-state index is 0.748. The van der Waals surface area contributed by atoms with Crippen molar-refractivity contribution in [2.75, 3.05) is 31.1 Å². The van der Waals surface area contributed by atoms with Crippen LogP contribution in [0.5, 0.6) is 0 Å². The Bertz CT molecular complexity index is 491. The van der Waals surface area contributed by atoms with Gasteiger partial charge in [-0.15, -0.1) is 0 Å². The van der Waals surface area contributed by atoms with E-state index in [0.717, 1.165) is 48.9 Å². The van der Waals surface area contributed by atoms with Crippen LogP contribution in [-0.2, 0) is 0 Å². The van der Waals surface area contributed by atoms with Crippen LogP contribution >= 0.6 is 0 Å². The zero-order chi connectivity index (χ0) is 12.5. The van der Waals surface area contributed by atoms with E-state index in [1.807, 2.05) is 0 Å². The molecule has 3 heteroatoms. The summed E-state index contributed by atoms with van der Waals surface area (Å²) in [6.45, 7) is 6.09. The molecular formula is C15H19N3. The number of piperazine rings is 1. The van der Waals surface area contributed by atoms with Crippen molar-refractivity contribution in [2.24, 2.45) is 0 Å². The molecule has 1 aliphatic carbocycles. The van der Waals surface area contributed by atoms with Gasteiger partial charge in [0.25, 0.3) is 0 Å². The largest absolute Gasteiger partial charge is 0.368 e. The lowest BCUT2D eigenvalue weighted by Crippen LogP contribution is -2.43. The number of nitriles is 1. The van der Waals surface area contributed by atoms with E-state index in [9.17, 15) is 5.26 Å². The van der Waals surface area contributed by atoms with Crippen LogP contribution in [0.3, 0.4) is 0 Å². The van der Waals surface area contributed by atoms with E-state index in [1.165, 1.54) is 18.4 Å². The Hall–Kier alpha value is -1.53. The Morgan fingerprint density at radius 3 is 2.61 bits per heavy atom. The summed E-state index contributed by atoms with van der Waals surface area (Å²) in [5.41, 5.74) is 4.58. The van der Waals surface area contributed by atoms with Gasteiger partial charge in [-0.3, -0.25) is 0 Å². The van der Waals surface area contributed by atoms with Gasteiger partial charge in [0, 0.05) is 26.2 Å². The highest BCUT2D eigenvalue weighted by Gasteiger charge is 2.26. The second kappa shape index (κ2) is 4.62. The normalized spacial score (nSPS) is 19.7. The van der Waals surface area contributed by atoms with Crippen LogP contribution in [0.25, 0.3) is 0 Å². The number of aryl methyl sites for hydroxylation is 1. The molecule has 3 rings (SSSR count). The summed E-state index contributed by atoms with van der Waals surface area (Å²) < 4.78 is 0. The maximum atomic E-state index is 9.38. The molecule has 0 spiro atoms. The molecular weight excluding hydrogens is 222 g/mol. The maximum Gasteiger partial charge on any atom is 0.102 e. The molecule has 0 unspecified atom stereocenters. The van der Waals surface area contributed by atoms with Crippen LogP contribution < -0.4 is 10.2 Å². The van der Waals surface area contributed by atoms with E-state index in [-0.39, 0.29) is 0 Å². The van der Waals surface area contributed by atoms with Crippen molar-refractivity contribution in [3.63, 3.8) is 0 Å². The fourth-order valence-electron chi connectivity index (χ4n) is 2.75. The molecule has 1 saturated carbocycles. The molecule has 1 heterocycles. The van der Waals surface area contributed by atoms with Crippen molar-refractivity contribution in [2.45, 2.75) is 25.7 Å². The van der Waals surface area contributed by atoms with E-state index < -0.39 is 0 Å². The molecule has 1 aromatic rings. The second-order valence-corrected chi connectivity index (χ2v) is 5.36. The lowest BCUT2D eigenvalue weighted by Gasteiger charge is -2.31. The molecule has 2 aliphatic rings. The number of hydrogen-bond acceptors (Lipinski definition) is 3. The predicted octanol–water partition coefficient (Wildman–Crippen LogP) is 2.15. The molecule has 0 aromatic heterocycles. The fraction of sp³-hybridized carbons (Fsp3) is 0.533. The van der Waals surface area contributed by atoms with Crippen molar-refractivity contribution < 1.29 is 0 Å². The molecule has 1 N–H and O–H groups in total. The molecule has 0 atom stereocenters. The number of anilines is 1.